The molecule has 3 aromatic rings. The number of fused-ring (bicyclic) bond motifs is 1. The van der Waals surface area contributed by atoms with Gasteiger partial charge in [0.25, 0.3) is 0 Å². The first-order chi connectivity index (χ1) is 14.9. The van der Waals surface area contributed by atoms with Crippen molar-refractivity contribution in [3.63, 3.8) is 0 Å². The van der Waals surface area contributed by atoms with E-state index in [9.17, 15) is 4.79 Å². The number of carbonyl (C=O) groups is 1. The highest BCUT2D eigenvalue weighted by atomic mass is 16.1. The Hall–Kier alpha value is -2.94. The summed E-state index contributed by atoms with van der Waals surface area (Å²) in [5.74, 6) is 0.0388. The number of aromatic nitrogens is 2. The largest absolute Gasteiger partial charge is 0.336 e. The van der Waals surface area contributed by atoms with Crippen molar-refractivity contribution >= 4 is 28.5 Å². The van der Waals surface area contributed by atoms with Crippen molar-refractivity contribution in [2.75, 3.05) is 0 Å². The van der Waals surface area contributed by atoms with E-state index in [-0.39, 0.29) is 5.78 Å². The van der Waals surface area contributed by atoms with Crippen molar-refractivity contribution in [3.8, 4) is 0 Å². The van der Waals surface area contributed by atoms with Crippen LogP contribution in [0.5, 0.6) is 0 Å². The zero-order valence-electron chi connectivity index (χ0n) is 20.9. The average Bonchev–Trinajstić information content (AvgIpc) is 3.20. The van der Waals surface area contributed by atoms with Crippen LogP contribution in [0, 0.1) is 6.92 Å². The van der Waals surface area contributed by atoms with Crippen LogP contribution in [0.15, 0.2) is 49.2 Å². The Morgan fingerprint density at radius 1 is 1.10 bits per heavy atom. The molecule has 0 aliphatic rings. The predicted octanol–water partition coefficient (Wildman–Crippen LogP) is 8.44. The fraction of sp³-hybridized carbons (Fsp3) is 0.357. The number of allylic oxidation sites excluding steroid dienone is 2. The minimum atomic E-state index is 0.0388. The number of aryl methyl sites for hydroxylation is 2. The normalized spacial score (nSPS) is 10.0. The summed E-state index contributed by atoms with van der Waals surface area (Å²) in [5.41, 5.74) is 7.16. The second-order valence-corrected chi connectivity index (χ2v) is 6.61. The van der Waals surface area contributed by atoms with E-state index >= 15 is 0 Å². The summed E-state index contributed by atoms with van der Waals surface area (Å²) in [6, 6.07) is 10.5. The fourth-order valence-electron chi connectivity index (χ4n) is 2.88. The zero-order chi connectivity index (χ0) is 24.0. The van der Waals surface area contributed by atoms with Crippen LogP contribution in [0.25, 0.3) is 22.7 Å². The third-order valence-corrected chi connectivity index (χ3v) is 4.59. The third-order valence-electron chi connectivity index (χ3n) is 4.59. The molecule has 0 aliphatic carbocycles. The summed E-state index contributed by atoms with van der Waals surface area (Å²) in [6.07, 6.45) is 6.78. The van der Waals surface area contributed by atoms with E-state index < -0.39 is 0 Å². The minimum Gasteiger partial charge on any atom is -0.336 e. The van der Waals surface area contributed by atoms with Gasteiger partial charge in [-0.2, -0.15) is 0 Å². The topological polar surface area (TPSA) is 45.8 Å². The molecule has 3 rings (SSSR count). The first-order valence-corrected chi connectivity index (χ1v) is 11.2. The second-order valence-electron chi connectivity index (χ2n) is 6.61. The van der Waals surface area contributed by atoms with Gasteiger partial charge in [0.05, 0.1) is 5.69 Å². The van der Waals surface area contributed by atoms with Crippen molar-refractivity contribution < 1.29 is 4.79 Å². The highest BCUT2D eigenvalue weighted by Gasteiger charge is 2.16. The maximum absolute atomic E-state index is 11.7. The molecule has 3 nitrogen and oxygen atoms in total. The summed E-state index contributed by atoms with van der Waals surface area (Å²) >= 11 is 0. The van der Waals surface area contributed by atoms with Crippen LogP contribution in [0.1, 0.15) is 88.1 Å². The van der Waals surface area contributed by atoms with Crippen molar-refractivity contribution in [1.82, 2.24) is 9.97 Å². The number of Topliss-reactive ketones (excluding diaryl/α,β-unsaturated/α-hetero) is 1. The maximum Gasteiger partial charge on any atom is 0.176 e. The number of ketones is 1. The maximum atomic E-state index is 11.7. The van der Waals surface area contributed by atoms with Crippen molar-refractivity contribution in [2.45, 2.75) is 68.7 Å². The van der Waals surface area contributed by atoms with Gasteiger partial charge in [0.2, 0.25) is 0 Å². The molecule has 0 saturated carbocycles. The van der Waals surface area contributed by atoms with Crippen LogP contribution < -0.4 is 0 Å². The molecular formula is C28H40N2O. The molecule has 0 aliphatic heterocycles. The van der Waals surface area contributed by atoms with Crippen molar-refractivity contribution in [1.29, 1.82) is 0 Å². The summed E-state index contributed by atoms with van der Waals surface area (Å²) in [5, 5.41) is 1.02. The Bertz CT molecular complexity index is 976. The van der Waals surface area contributed by atoms with Crippen LogP contribution in [0.3, 0.4) is 0 Å². The number of hydrogen-bond acceptors (Lipinski definition) is 2. The molecule has 31 heavy (non-hydrogen) atoms. The number of aromatic amines is 1. The number of H-pyrrole nitrogens is 1. The first kappa shape index (κ1) is 28.1. The van der Waals surface area contributed by atoms with E-state index in [1.807, 2.05) is 60.6 Å². The summed E-state index contributed by atoms with van der Waals surface area (Å²) in [6.45, 7) is 21.4. The van der Waals surface area contributed by atoms with Gasteiger partial charge in [-0.25, -0.2) is 4.98 Å². The van der Waals surface area contributed by atoms with E-state index in [4.69, 9.17) is 0 Å². The molecule has 0 fully saturated rings. The number of nitrogens with zero attached hydrogens (tertiary/aromatic N) is 1. The van der Waals surface area contributed by atoms with Gasteiger partial charge in [0, 0.05) is 24.1 Å². The van der Waals surface area contributed by atoms with E-state index in [0.29, 0.717) is 5.69 Å². The van der Waals surface area contributed by atoms with Gasteiger partial charge in [0.1, 0.15) is 5.65 Å². The van der Waals surface area contributed by atoms with Crippen LogP contribution in [-0.2, 0) is 6.42 Å². The molecule has 0 bridgehead atoms. The standard InChI is InChI=1S/C14H16N2O.C10H12.2C2H6/c1-5-9(3)12-11-6-8(2)7-15-14(11)16-13(12)10(4)17;1-3-9-5-7-10(4-2)8-6-9;2*1-2/h5-7H,1-4H3,(H,15,16);3,5-8H,1,4H2,2H3;2*1-2H3/b9-5-;;;. The van der Waals surface area contributed by atoms with Crippen LogP contribution in [0.4, 0.5) is 0 Å². The average molecular weight is 421 g/mol. The monoisotopic (exact) mass is 420 g/mol. The summed E-state index contributed by atoms with van der Waals surface area (Å²) < 4.78 is 0. The van der Waals surface area contributed by atoms with Gasteiger partial charge in [-0.15, -0.1) is 0 Å². The molecule has 1 N–H and O–H groups in total. The van der Waals surface area contributed by atoms with Crippen LogP contribution >= 0.6 is 0 Å². The number of rotatable bonds is 4. The van der Waals surface area contributed by atoms with E-state index in [0.717, 1.165) is 34.2 Å². The number of nitrogens with one attached hydrogen (secondary N) is 1. The second kappa shape index (κ2) is 15.0. The lowest BCUT2D eigenvalue weighted by Crippen LogP contribution is -1.96. The van der Waals surface area contributed by atoms with Crippen molar-refractivity contribution in [2.24, 2.45) is 0 Å². The Morgan fingerprint density at radius 2 is 1.68 bits per heavy atom. The van der Waals surface area contributed by atoms with Gasteiger partial charge in [-0.1, -0.05) is 77.6 Å². The SMILES string of the molecule is C/C=C(/C)c1c(C(C)=O)[nH]c2ncc(C)cc12.C=Cc1ccc(CC)cc1.CC.CC. The van der Waals surface area contributed by atoms with Gasteiger partial charge >= 0.3 is 0 Å². The smallest absolute Gasteiger partial charge is 0.176 e. The fourth-order valence-corrected chi connectivity index (χ4v) is 2.88. The van der Waals surface area contributed by atoms with E-state index in [1.54, 1.807) is 13.1 Å². The molecule has 168 valence electrons. The summed E-state index contributed by atoms with van der Waals surface area (Å²) in [7, 11) is 0. The molecule has 1 aromatic carbocycles. The highest BCUT2D eigenvalue weighted by Crippen LogP contribution is 2.28. The van der Waals surface area contributed by atoms with Gasteiger partial charge in [-0.3, -0.25) is 4.79 Å². The molecule has 0 radical (unpaired) electrons. The Kier molecular flexibility index (Phi) is 13.5. The quantitative estimate of drug-likeness (QED) is 0.430. The Morgan fingerprint density at radius 3 is 2.13 bits per heavy atom. The lowest BCUT2D eigenvalue weighted by Gasteiger charge is -2.02. The number of carbonyl (C=O) groups excluding carboxylic acids is 1. The molecule has 0 spiro atoms. The lowest BCUT2D eigenvalue weighted by atomic mass is 10.0. The van der Waals surface area contributed by atoms with Gasteiger partial charge in [0.15, 0.2) is 5.78 Å². The lowest BCUT2D eigenvalue weighted by molar-refractivity contribution is 0.101. The Balaban J connectivity index is 0.000000549. The first-order valence-electron chi connectivity index (χ1n) is 11.2. The number of benzene rings is 1. The molecule has 2 aromatic heterocycles. The summed E-state index contributed by atoms with van der Waals surface area (Å²) in [4.78, 5) is 19.1. The predicted molar refractivity (Wildman–Crippen MR) is 139 cm³/mol. The van der Waals surface area contributed by atoms with E-state index in [1.165, 1.54) is 11.1 Å². The molecular weight excluding hydrogens is 380 g/mol. The van der Waals surface area contributed by atoms with Gasteiger partial charge < -0.3 is 4.98 Å². The Labute approximate surface area is 189 Å². The van der Waals surface area contributed by atoms with Gasteiger partial charge in [-0.05, 0) is 55.5 Å². The number of hydrogen-bond donors (Lipinski definition) is 1. The molecule has 0 unspecified atom stereocenters. The van der Waals surface area contributed by atoms with Crippen LogP contribution in [-0.4, -0.2) is 15.8 Å². The minimum absolute atomic E-state index is 0.0388. The van der Waals surface area contributed by atoms with E-state index in [2.05, 4.69) is 53.8 Å². The highest BCUT2D eigenvalue weighted by molar-refractivity contribution is 6.05. The number of pyridine rings is 1. The zero-order valence-corrected chi connectivity index (χ0v) is 20.9. The molecule has 0 amide bonds. The van der Waals surface area contributed by atoms with Crippen molar-refractivity contribution in [3.05, 3.63) is 77.1 Å². The van der Waals surface area contributed by atoms with Crippen LogP contribution in [0.2, 0.25) is 0 Å². The molecule has 0 saturated heterocycles. The molecule has 3 heteroatoms. The molecule has 0 atom stereocenters. The molecule has 2 heterocycles. The third kappa shape index (κ3) is 8.01.